The molecule has 0 unspecified atom stereocenters. The molecule has 4 rings (SSSR count). The number of aromatic carboxylic acids is 1. The van der Waals surface area contributed by atoms with Crippen LogP contribution in [0.4, 0.5) is 14.5 Å². The highest BCUT2D eigenvalue weighted by molar-refractivity contribution is 5.89. The van der Waals surface area contributed by atoms with E-state index in [2.05, 4.69) is 15.6 Å². The molecule has 1 heterocycles. The van der Waals surface area contributed by atoms with Gasteiger partial charge < -0.3 is 5.11 Å². The number of hydrogen-bond donors (Lipinski definition) is 2. The molecule has 0 saturated carbocycles. The van der Waals surface area contributed by atoms with Crippen molar-refractivity contribution >= 4 is 17.9 Å². The zero-order valence-electron chi connectivity index (χ0n) is 16.0. The highest BCUT2D eigenvalue weighted by Crippen LogP contribution is 2.26. The van der Waals surface area contributed by atoms with E-state index in [0.717, 1.165) is 17.8 Å². The van der Waals surface area contributed by atoms with E-state index < -0.39 is 17.6 Å². The van der Waals surface area contributed by atoms with E-state index >= 15 is 0 Å². The maximum atomic E-state index is 14.4. The van der Waals surface area contributed by atoms with Crippen LogP contribution in [0.2, 0.25) is 0 Å². The summed E-state index contributed by atoms with van der Waals surface area (Å²) in [7, 11) is 0. The van der Waals surface area contributed by atoms with Gasteiger partial charge in [-0.15, -0.1) is 0 Å². The minimum Gasteiger partial charge on any atom is -0.478 e. The molecule has 0 amide bonds. The van der Waals surface area contributed by atoms with Gasteiger partial charge in [-0.3, -0.25) is 5.43 Å². The fraction of sp³-hybridized carbons (Fsp3) is 0. The molecule has 1 aromatic heterocycles. The van der Waals surface area contributed by atoms with E-state index in [0.29, 0.717) is 11.3 Å². The van der Waals surface area contributed by atoms with Gasteiger partial charge in [0, 0.05) is 23.4 Å². The minimum absolute atomic E-state index is 0.114. The van der Waals surface area contributed by atoms with Crippen LogP contribution in [0.5, 0.6) is 0 Å². The Bertz CT molecular complexity index is 1250. The molecule has 6 nitrogen and oxygen atoms in total. The summed E-state index contributed by atoms with van der Waals surface area (Å²) in [6, 6.07) is 18.6. The van der Waals surface area contributed by atoms with Crippen molar-refractivity contribution in [2.75, 3.05) is 5.43 Å². The summed E-state index contributed by atoms with van der Waals surface area (Å²) in [4.78, 5) is 11.1. The largest absolute Gasteiger partial charge is 0.478 e. The SMILES string of the molecule is O=C(O)c1ccc(-n2cc(/C=N/Nc3ccccc3)c(-c3ccc(F)cc3F)n2)cc1. The minimum atomic E-state index is -1.04. The van der Waals surface area contributed by atoms with Crippen molar-refractivity contribution in [1.82, 2.24) is 9.78 Å². The second-order valence-electron chi connectivity index (χ2n) is 6.59. The van der Waals surface area contributed by atoms with Gasteiger partial charge in [0.15, 0.2) is 0 Å². The molecule has 0 aliphatic heterocycles. The van der Waals surface area contributed by atoms with Crippen molar-refractivity contribution in [3.8, 4) is 16.9 Å². The van der Waals surface area contributed by atoms with Gasteiger partial charge in [0.2, 0.25) is 0 Å². The highest BCUT2D eigenvalue weighted by atomic mass is 19.1. The number of rotatable bonds is 6. The summed E-state index contributed by atoms with van der Waals surface area (Å²) >= 11 is 0. The third-order valence-electron chi connectivity index (χ3n) is 4.48. The molecular weight excluding hydrogens is 402 g/mol. The molecule has 0 radical (unpaired) electrons. The average Bonchev–Trinajstić information content (AvgIpc) is 3.18. The van der Waals surface area contributed by atoms with E-state index in [9.17, 15) is 13.6 Å². The van der Waals surface area contributed by atoms with Crippen molar-refractivity contribution in [2.24, 2.45) is 5.10 Å². The summed E-state index contributed by atoms with van der Waals surface area (Å²) in [5.41, 5.74) is 5.21. The molecule has 0 atom stereocenters. The second-order valence-corrected chi connectivity index (χ2v) is 6.59. The number of carbonyl (C=O) groups is 1. The zero-order valence-corrected chi connectivity index (χ0v) is 16.0. The van der Waals surface area contributed by atoms with Crippen LogP contribution in [0.1, 0.15) is 15.9 Å². The molecule has 2 N–H and O–H groups in total. The summed E-state index contributed by atoms with van der Waals surface area (Å²) in [5, 5.41) is 17.7. The second kappa shape index (κ2) is 8.58. The van der Waals surface area contributed by atoms with E-state index in [4.69, 9.17) is 5.11 Å². The lowest BCUT2D eigenvalue weighted by molar-refractivity contribution is 0.0697. The van der Waals surface area contributed by atoms with Crippen LogP contribution in [-0.2, 0) is 0 Å². The van der Waals surface area contributed by atoms with Crippen LogP contribution in [0.3, 0.4) is 0 Å². The summed E-state index contributed by atoms with van der Waals surface area (Å²) in [6.07, 6.45) is 3.12. The number of nitrogens with one attached hydrogen (secondary N) is 1. The molecule has 8 heteroatoms. The standard InChI is InChI=1S/C23H16F2N4O2/c24-17-8-11-20(21(25)12-17)22-16(13-26-27-18-4-2-1-3-5-18)14-29(28-22)19-9-6-15(7-10-19)23(30)31/h1-14,27H,(H,30,31)/b26-13+. The number of halogens is 2. The zero-order chi connectivity index (χ0) is 21.8. The summed E-state index contributed by atoms with van der Waals surface area (Å²) in [5.74, 6) is -2.48. The van der Waals surface area contributed by atoms with Gasteiger partial charge in [-0.1, -0.05) is 18.2 Å². The number of carboxylic acid groups (broad SMARTS) is 1. The Morgan fingerprint density at radius 2 is 1.77 bits per heavy atom. The van der Waals surface area contributed by atoms with E-state index in [1.165, 1.54) is 29.1 Å². The Balaban J connectivity index is 1.73. The number of hydrogen-bond acceptors (Lipinski definition) is 4. The monoisotopic (exact) mass is 418 g/mol. The maximum Gasteiger partial charge on any atom is 0.335 e. The Kier molecular flexibility index (Phi) is 5.53. The summed E-state index contributed by atoms with van der Waals surface area (Å²) in [6.45, 7) is 0. The molecule has 154 valence electrons. The van der Waals surface area contributed by atoms with E-state index in [1.807, 2.05) is 30.3 Å². The van der Waals surface area contributed by atoms with Crippen LogP contribution in [-0.4, -0.2) is 27.1 Å². The molecule has 0 bridgehead atoms. The molecule has 4 aromatic rings. The average molecular weight is 418 g/mol. The molecule has 3 aromatic carbocycles. The van der Waals surface area contributed by atoms with Gasteiger partial charge >= 0.3 is 5.97 Å². The van der Waals surface area contributed by atoms with Gasteiger partial charge in [-0.25, -0.2) is 18.3 Å². The number of carboxylic acids is 1. The third kappa shape index (κ3) is 4.48. The van der Waals surface area contributed by atoms with Gasteiger partial charge in [-0.05, 0) is 48.5 Å². The van der Waals surface area contributed by atoms with Crippen molar-refractivity contribution in [3.05, 3.63) is 102 Å². The fourth-order valence-electron chi connectivity index (χ4n) is 2.95. The fourth-order valence-corrected chi connectivity index (χ4v) is 2.95. The Labute approximate surface area is 176 Å². The van der Waals surface area contributed by atoms with Crippen LogP contribution >= 0.6 is 0 Å². The molecule has 0 aliphatic rings. The van der Waals surface area contributed by atoms with E-state index in [-0.39, 0.29) is 16.8 Å². The first-order chi connectivity index (χ1) is 15.0. The lowest BCUT2D eigenvalue weighted by Crippen LogP contribution is -1.99. The predicted molar refractivity (Wildman–Crippen MR) is 114 cm³/mol. The van der Waals surface area contributed by atoms with Crippen LogP contribution < -0.4 is 5.43 Å². The first-order valence-electron chi connectivity index (χ1n) is 9.24. The molecule has 0 spiro atoms. The molecule has 0 fully saturated rings. The highest BCUT2D eigenvalue weighted by Gasteiger charge is 2.16. The maximum absolute atomic E-state index is 14.4. The first kappa shape index (κ1) is 20.0. The van der Waals surface area contributed by atoms with Gasteiger partial charge in [0.1, 0.15) is 17.3 Å². The smallest absolute Gasteiger partial charge is 0.335 e. The number of hydrazone groups is 1. The van der Waals surface area contributed by atoms with E-state index in [1.54, 1.807) is 18.3 Å². The van der Waals surface area contributed by atoms with Crippen molar-refractivity contribution < 1.29 is 18.7 Å². The number of anilines is 1. The van der Waals surface area contributed by atoms with Gasteiger partial charge in [-0.2, -0.15) is 10.2 Å². The number of benzene rings is 3. The Morgan fingerprint density at radius 3 is 2.45 bits per heavy atom. The molecule has 0 saturated heterocycles. The van der Waals surface area contributed by atoms with Crippen molar-refractivity contribution in [2.45, 2.75) is 0 Å². The number of nitrogens with zero attached hydrogens (tertiary/aromatic N) is 3. The number of aromatic nitrogens is 2. The predicted octanol–water partition coefficient (Wildman–Crippen LogP) is 4.96. The lowest BCUT2D eigenvalue weighted by Gasteiger charge is -2.03. The Hall–Kier alpha value is -4.33. The van der Waals surface area contributed by atoms with Crippen molar-refractivity contribution in [3.63, 3.8) is 0 Å². The van der Waals surface area contributed by atoms with Crippen LogP contribution in [0, 0.1) is 11.6 Å². The van der Waals surface area contributed by atoms with Crippen LogP contribution in [0.15, 0.2) is 84.1 Å². The summed E-state index contributed by atoms with van der Waals surface area (Å²) < 4.78 is 29.3. The normalized spacial score (nSPS) is 11.0. The first-order valence-corrected chi connectivity index (χ1v) is 9.24. The number of para-hydroxylation sites is 1. The molecule has 0 aliphatic carbocycles. The van der Waals surface area contributed by atoms with Crippen molar-refractivity contribution in [1.29, 1.82) is 0 Å². The Morgan fingerprint density at radius 1 is 1.03 bits per heavy atom. The molecular formula is C23H16F2N4O2. The quantitative estimate of drug-likeness (QED) is 0.343. The van der Waals surface area contributed by atoms with Crippen LogP contribution in [0.25, 0.3) is 16.9 Å². The lowest BCUT2D eigenvalue weighted by atomic mass is 10.1. The van der Waals surface area contributed by atoms with Gasteiger partial charge in [0.25, 0.3) is 0 Å². The molecule has 31 heavy (non-hydrogen) atoms. The third-order valence-corrected chi connectivity index (χ3v) is 4.48. The topological polar surface area (TPSA) is 79.5 Å². The van der Waals surface area contributed by atoms with Gasteiger partial charge in [0.05, 0.1) is 23.2 Å².